The number of nitrogens with zero attached hydrogens (tertiary/aromatic N) is 1. The SMILES string of the molecule is COc1cc(CN2CCC[C@H]3NC[C@H](c4ccc(F)cc4)[C@H]32)cc2c1OCCO2. The van der Waals surface area contributed by atoms with Crippen LogP contribution in [0.4, 0.5) is 4.39 Å². The number of hydrogen-bond acceptors (Lipinski definition) is 5. The molecule has 3 aliphatic rings. The van der Waals surface area contributed by atoms with E-state index in [0.717, 1.165) is 36.7 Å². The highest BCUT2D eigenvalue weighted by atomic mass is 19.1. The van der Waals surface area contributed by atoms with Gasteiger partial charge < -0.3 is 19.5 Å². The first-order valence-electron chi connectivity index (χ1n) is 10.4. The van der Waals surface area contributed by atoms with Crippen molar-refractivity contribution in [2.45, 2.75) is 37.4 Å². The van der Waals surface area contributed by atoms with Crippen LogP contribution < -0.4 is 19.5 Å². The van der Waals surface area contributed by atoms with Gasteiger partial charge in [-0.3, -0.25) is 4.90 Å². The molecule has 0 aromatic heterocycles. The third-order valence-corrected chi connectivity index (χ3v) is 6.38. The summed E-state index contributed by atoms with van der Waals surface area (Å²) in [6, 6.07) is 12.0. The van der Waals surface area contributed by atoms with Crippen molar-refractivity contribution in [2.24, 2.45) is 0 Å². The van der Waals surface area contributed by atoms with Crippen LogP contribution in [0.1, 0.15) is 29.9 Å². The first-order chi connectivity index (χ1) is 14.2. The van der Waals surface area contributed by atoms with Gasteiger partial charge in [-0.25, -0.2) is 4.39 Å². The van der Waals surface area contributed by atoms with Gasteiger partial charge in [0.15, 0.2) is 11.5 Å². The largest absolute Gasteiger partial charge is 0.493 e. The summed E-state index contributed by atoms with van der Waals surface area (Å²) >= 11 is 0. The van der Waals surface area contributed by atoms with Crippen molar-refractivity contribution in [1.82, 2.24) is 10.2 Å². The summed E-state index contributed by atoms with van der Waals surface area (Å²) in [6.07, 6.45) is 2.36. The molecule has 6 heteroatoms. The van der Waals surface area contributed by atoms with Crippen molar-refractivity contribution in [1.29, 1.82) is 0 Å². The minimum absolute atomic E-state index is 0.180. The monoisotopic (exact) mass is 398 g/mol. The lowest BCUT2D eigenvalue weighted by molar-refractivity contribution is 0.119. The normalized spacial score (nSPS) is 26.2. The summed E-state index contributed by atoms with van der Waals surface area (Å²) in [7, 11) is 1.67. The highest BCUT2D eigenvalue weighted by molar-refractivity contribution is 5.54. The summed E-state index contributed by atoms with van der Waals surface area (Å²) in [5.41, 5.74) is 2.37. The van der Waals surface area contributed by atoms with Gasteiger partial charge in [-0.2, -0.15) is 0 Å². The highest BCUT2D eigenvalue weighted by Crippen LogP contribution is 2.42. The Hall–Kier alpha value is -2.31. The van der Waals surface area contributed by atoms with E-state index in [1.165, 1.54) is 18.4 Å². The van der Waals surface area contributed by atoms with Gasteiger partial charge in [0.2, 0.25) is 5.75 Å². The fourth-order valence-corrected chi connectivity index (χ4v) is 5.11. The van der Waals surface area contributed by atoms with Gasteiger partial charge in [0.1, 0.15) is 19.0 Å². The standard InChI is InChI=1S/C23H27FN2O3/c1-27-20-11-15(12-21-23(20)29-10-9-28-21)14-26-8-2-3-19-22(26)18(13-25-19)16-4-6-17(24)7-5-16/h4-7,11-12,18-19,22,25H,2-3,8-10,13-14H2,1H3/t18-,19-,22-/m1/s1. The Morgan fingerprint density at radius 3 is 2.83 bits per heavy atom. The van der Waals surface area contributed by atoms with E-state index in [2.05, 4.69) is 22.3 Å². The maximum Gasteiger partial charge on any atom is 0.203 e. The molecule has 2 aromatic rings. The first kappa shape index (κ1) is 18.7. The predicted octanol–water partition coefficient (Wildman–Crippen LogP) is 3.33. The van der Waals surface area contributed by atoms with Crippen LogP contribution in [0.3, 0.4) is 0 Å². The van der Waals surface area contributed by atoms with Gasteiger partial charge in [0.25, 0.3) is 0 Å². The third-order valence-electron chi connectivity index (χ3n) is 6.38. The molecule has 3 aliphatic heterocycles. The van der Waals surface area contributed by atoms with Crippen LogP contribution in [0.5, 0.6) is 17.2 Å². The van der Waals surface area contributed by atoms with Crippen LogP contribution in [-0.4, -0.2) is 50.4 Å². The van der Waals surface area contributed by atoms with E-state index in [0.29, 0.717) is 37.0 Å². The number of halogens is 1. The Morgan fingerprint density at radius 2 is 2.00 bits per heavy atom. The van der Waals surface area contributed by atoms with E-state index in [1.807, 2.05) is 12.1 Å². The number of nitrogens with one attached hydrogen (secondary N) is 1. The van der Waals surface area contributed by atoms with Crippen LogP contribution >= 0.6 is 0 Å². The third kappa shape index (κ3) is 3.55. The van der Waals surface area contributed by atoms with Crippen molar-refractivity contribution < 1.29 is 18.6 Å². The van der Waals surface area contributed by atoms with Gasteiger partial charge in [-0.1, -0.05) is 12.1 Å². The van der Waals surface area contributed by atoms with E-state index >= 15 is 0 Å². The predicted molar refractivity (Wildman–Crippen MR) is 108 cm³/mol. The number of benzene rings is 2. The molecule has 5 rings (SSSR count). The molecule has 0 saturated carbocycles. The van der Waals surface area contributed by atoms with Crippen LogP contribution in [-0.2, 0) is 6.54 Å². The first-order valence-corrected chi connectivity index (χ1v) is 10.4. The number of piperidine rings is 1. The minimum atomic E-state index is -0.180. The van der Waals surface area contributed by atoms with Gasteiger partial charge in [-0.15, -0.1) is 0 Å². The highest BCUT2D eigenvalue weighted by Gasteiger charge is 2.42. The second-order valence-electron chi connectivity index (χ2n) is 8.10. The van der Waals surface area contributed by atoms with Crippen molar-refractivity contribution in [3.05, 3.63) is 53.3 Å². The molecule has 1 N–H and O–H groups in total. The van der Waals surface area contributed by atoms with Gasteiger partial charge in [0.05, 0.1) is 7.11 Å². The molecule has 5 nitrogen and oxygen atoms in total. The minimum Gasteiger partial charge on any atom is -0.493 e. The van der Waals surface area contributed by atoms with E-state index < -0.39 is 0 Å². The number of ether oxygens (including phenoxy) is 3. The molecule has 0 amide bonds. The number of fused-ring (bicyclic) bond motifs is 2. The van der Waals surface area contributed by atoms with Crippen molar-refractivity contribution in [3.63, 3.8) is 0 Å². The smallest absolute Gasteiger partial charge is 0.203 e. The molecule has 2 fully saturated rings. The quantitative estimate of drug-likeness (QED) is 0.856. The molecule has 0 radical (unpaired) electrons. The lowest BCUT2D eigenvalue weighted by Crippen LogP contribution is -2.49. The van der Waals surface area contributed by atoms with Crippen LogP contribution in [0, 0.1) is 5.82 Å². The zero-order chi connectivity index (χ0) is 19.8. The number of methoxy groups -OCH3 is 1. The summed E-state index contributed by atoms with van der Waals surface area (Å²) in [5, 5.41) is 3.71. The number of hydrogen-bond donors (Lipinski definition) is 1. The zero-order valence-electron chi connectivity index (χ0n) is 16.7. The van der Waals surface area contributed by atoms with E-state index in [-0.39, 0.29) is 5.82 Å². The molecule has 0 bridgehead atoms. The maximum atomic E-state index is 13.4. The Kier molecular flexibility index (Phi) is 5.06. The van der Waals surface area contributed by atoms with E-state index in [1.54, 1.807) is 19.2 Å². The number of likely N-dealkylation sites (tertiary alicyclic amines) is 1. The summed E-state index contributed by atoms with van der Waals surface area (Å²) in [5.74, 6) is 2.37. The molecule has 2 saturated heterocycles. The van der Waals surface area contributed by atoms with Gasteiger partial charge in [-0.05, 0) is 54.8 Å². The topological polar surface area (TPSA) is 43.0 Å². The Bertz CT molecular complexity index is 856. The Labute approximate surface area is 170 Å². The molecular formula is C23H27FN2O3. The molecule has 154 valence electrons. The zero-order valence-corrected chi connectivity index (χ0v) is 16.7. The summed E-state index contributed by atoms with van der Waals surface area (Å²) in [4.78, 5) is 2.56. The fraction of sp³-hybridized carbons (Fsp3) is 0.478. The molecular weight excluding hydrogens is 371 g/mol. The fourth-order valence-electron chi connectivity index (χ4n) is 5.11. The van der Waals surface area contributed by atoms with Crippen LogP contribution in [0.15, 0.2) is 36.4 Å². The molecule has 0 aliphatic carbocycles. The lowest BCUT2D eigenvalue weighted by atomic mass is 9.86. The average molecular weight is 398 g/mol. The summed E-state index contributed by atoms with van der Waals surface area (Å²) < 4.78 is 30.5. The molecule has 0 spiro atoms. The van der Waals surface area contributed by atoms with Crippen LogP contribution in [0.2, 0.25) is 0 Å². The molecule has 3 atom stereocenters. The Morgan fingerprint density at radius 1 is 1.17 bits per heavy atom. The van der Waals surface area contributed by atoms with Crippen molar-refractivity contribution >= 4 is 0 Å². The second kappa shape index (κ2) is 7.84. The van der Waals surface area contributed by atoms with Gasteiger partial charge >= 0.3 is 0 Å². The molecule has 0 unspecified atom stereocenters. The average Bonchev–Trinajstić information content (AvgIpc) is 3.19. The Balaban J connectivity index is 1.42. The molecule has 3 heterocycles. The van der Waals surface area contributed by atoms with E-state index in [4.69, 9.17) is 14.2 Å². The van der Waals surface area contributed by atoms with Crippen LogP contribution in [0.25, 0.3) is 0 Å². The van der Waals surface area contributed by atoms with Gasteiger partial charge in [0, 0.05) is 31.1 Å². The van der Waals surface area contributed by atoms with E-state index in [9.17, 15) is 4.39 Å². The number of rotatable bonds is 4. The molecule has 2 aromatic carbocycles. The van der Waals surface area contributed by atoms with Crippen molar-refractivity contribution in [3.8, 4) is 17.2 Å². The van der Waals surface area contributed by atoms with Crippen molar-refractivity contribution in [2.75, 3.05) is 33.4 Å². The molecule has 29 heavy (non-hydrogen) atoms. The summed E-state index contributed by atoms with van der Waals surface area (Å²) in [6.45, 7) is 3.92. The lowest BCUT2D eigenvalue weighted by Gasteiger charge is -2.40. The second-order valence-corrected chi connectivity index (χ2v) is 8.10. The maximum absolute atomic E-state index is 13.4.